The molecule has 1 rings (SSSR count). The van der Waals surface area contributed by atoms with Gasteiger partial charge in [0.2, 0.25) is 0 Å². The van der Waals surface area contributed by atoms with Crippen LogP contribution in [0.3, 0.4) is 0 Å². The van der Waals surface area contributed by atoms with Gasteiger partial charge in [-0.3, -0.25) is 0 Å². The molecule has 0 spiro atoms. The summed E-state index contributed by atoms with van der Waals surface area (Å²) in [6, 6.07) is 0. The van der Waals surface area contributed by atoms with Gasteiger partial charge >= 0.3 is 0 Å². The summed E-state index contributed by atoms with van der Waals surface area (Å²) in [7, 11) is 0. The van der Waals surface area contributed by atoms with Crippen LogP contribution in [0.4, 0.5) is 0 Å². The van der Waals surface area contributed by atoms with E-state index < -0.39 is 0 Å². The fourth-order valence-electron chi connectivity index (χ4n) is 2.26. The molecule has 0 heterocycles. The third kappa shape index (κ3) is 5.82. The van der Waals surface area contributed by atoms with Crippen molar-refractivity contribution in [2.75, 3.05) is 19.3 Å². The maximum Gasteiger partial charge on any atom is 0.00280 e. The molecule has 1 aliphatic carbocycles. The predicted octanol–water partition coefficient (Wildman–Crippen LogP) is 3.54. The minimum atomic E-state index is 0.809. The third-order valence-electron chi connectivity index (χ3n) is 3.70. The molecule has 1 nitrogen and oxygen atoms in total. The van der Waals surface area contributed by atoms with E-state index in [1.807, 2.05) is 11.8 Å². The summed E-state index contributed by atoms with van der Waals surface area (Å²) in [5.74, 6) is 1.95. The quantitative estimate of drug-likeness (QED) is 0.699. The van der Waals surface area contributed by atoms with Crippen LogP contribution in [-0.2, 0) is 0 Å². The summed E-state index contributed by atoms with van der Waals surface area (Å²) >= 11 is 1.97. The summed E-state index contributed by atoms with van der Waals surface area (Å²) in [6.45, 7) is 7.17. The Hall–Kier alpha value is 0.310. The van der Waals surface area contributed by atoms with Gasteiger partial charge in [0.15, 0.2) is 0 Å². The average Bonchev–Trinajstić information content (AvgIpc) is 2.26. The molecule has 0 aromatic rings. The Bertz CT molecular complexity index is 153. The van der Waals surface area contributed by atoms with Crippen molar-refractivity contribution in [3.05, 3.63) is 0 Å². The zero-order valence-electron chi connectivity index (χ0n) is 10.6. The zero-order chi connectivity index (χ0) is 11.1. The lowest BCUT2D eigenvalue weighted by Crippen LogP contribution is -2.27. The van der Waals surface area contributed by atoms with Crippen LogP contribution in [0.5, 0.6) is 0 Å². The Kier molecular flexibility index (Phi) is 6.74. The van der Waals surface area contributed by atoms with Crippen molar-refractivity contribution in [1.29, 1.82) is 0 Å². The van der Waals surface area contributed by atoms with Crippen LogP contribution in [0.1, 0.15) is 46.0 Å². The van der Waals surface area contributed by atoms with E-state index in [9.17, 15) is 0 Å². The third-order valence-corrected chi connectivity index (χ3v) is 4.74. The van der Waals surface area contributed by atoms with E-state index in [2.05, 4.69) is 25.4 Å². The van der Waals surface area contributed by atoms with Gasteiger partial charge in [-0.2, -0.15) is 11.8 Å². The fraction of sp³-hybridized carbons (Fsp3) is 1.00. The van der Waals surface area contributed by atoms with Crippen LogP contribution in [0, 0.1) is 11.8 Å². The van der Waals surface area contributed by atoms with Gasteiger partial charge in [0.1, 0.15) is 0 Å². The van der Waals surface area contributed by atoms with E-state index >= 15 is 0 Å². The second kappa shape index (κ2) is 7.56. The zero-order valence-corrected chi connectivity index (χ0v) is 11.4. The first-order chi connectivity index (χ1) is 7.22. The van der Waals surface area contributed by atoms with Crippen LogP contribution < -0.4 is 5.32 Å². The predicted molar refractivity (Wildman–Crippen MR) is 71.6 cm³/mol. The van der Waals surface area contributed by atoms with E-state index in [1.54, 1.807) is 0 Å². The van der Waals surface area contributed by atoms with Crippen LogP contribution in [0.2, 0.25) is 0 Å². The van der Waals surface area contributed by atoms with Crippen molar-refractivity contribution in [3.8, 4) is 0 Å². The Balaban J connectivity index is 1.96. The number of nitrogens with one attached hydrogen (secondary N) is 1. The summed E-state index contributed by atoms with van der Waals surface area (Å²) in [5.41, 5.74) is 0. The van der Waals surface area contributed by atoms with E-state index in [-0.39, 0.29) is 0 Å². The molecule has 1 N–H and O–H groups in total. The van der Waals surface area contributed by atoms with Crippen LogP contribution in [-0.4, -0.2) is 24.6 Å². The number of rotatable bonds is 6. The normalized spacial score (nSPS) is 29.0. The standard InChI is InChI=1S/C13H27NS/c1-11-4-6-13(7-5-11)10-14-9-8-12(2)15-3/h11-14H,4-10H2,1-3H3. The lowest BCUT2D eigenvalue weighted by Gasteiger charge is -2.26. The smallest absolute Gasteiger partial charge is 0.00280 e. The summed E-state index contributed by atoms with van der Waals surface area (Å²) in [5, 5.41) is 4.43. The average molecular weight is 229 g/mol. The Morgan fingerprint density at radius 1 is 1.27 bits per heavy atom. The van der Waals surface area contributed by atoms with Crippen molar-refractivity contribution < 1.29 is 0 Å². The van der Waals surface area contributed by atoms with Crippen LogP contribution >= 0.6 is 11.8 Å². The topological polar surface area (TPSA) is 12.0 Å². The number of hydrogen-bond donors (Lipinski definition) is 1. The van der Waals surface area contributed by atoms with Gasteiger partial charge in [0, 0.05) is 5.25 Å². The van der Waals surface area contributed by atoms with Gasteiger partial charge < -0.3 is 5.32 Å². The van der Waals surface area contributed by atoms with Crippen LogP contribution in [0.25, 0.3) is 0 Å². The highest BCUT2D eigenvalue weighted by Crippen LogP contribution is 2.27. The van der Waals surface area contributed by atoms with Crippen molar-refractivity contribution in [1.82, 2.24) is 5.32 Å². The summed E-state index contributed by atoms with van der Waals surface area (Å²) in [6.07, 6.45) is 9.32. The Morgan fingerprint density at radius 2 is 1.93 bits per heavy atom. The molecule has 0 aromatic heterocycles. The molecule has 0 aliphatic heterocycles. The summed E-state index contributed by atoms with van der Waals surface area (Å²) in [4.78, 5) is 0. The van der Waals surface area contributed by atoms with Gasteiger partial charge in [0.05, 0.1) is 0 Å². The van der Waals surface area contributed by atoms with Gasteiger partial charge in [-0.05, 0) is 50.4 Å². The van der Waals surface area contributed by atoms with Crippen molar-refractivity contribution >= 4 is 11.8 Å². The first kappa shape index (κ1) is 13.4. The molecule has 1 saturated carbocycles. The van der Waals surface area contributed by atoms with Crippen molar-refractivity contribution in [2.24, 2.45) is 11.8 Å². The maximum atomic E-state index is 3.62. The number of hydrogen-bond acceptors (Lipinski definition) is 2. The molecule has 0 bridgehead atoms. The van der Waals surface area contributed by atoms with Crippen LogP contribution in [0.15, 0.2) is 0 Å². The molecule has 15 heavy (non-hydrogen) atoms. The van der Waals surface area contributed by atoms with E-state index in [1.165, 1.54) is 45.2 Å². The Morgan fingerprint density at radius 3 is 2.53 bits per heavy atom. The first-order valence-corrected chi connectivity index (χ1v) is 7.74. The van der Waals surface area contributed by atoms with Gasteiger partial charge in [-0.1, -0.05) is 26.7 Å². The number of thioether (sulfide) groups is 1. The molecule has 1 aliphatic rings. The van der Waals surface area contributed by atoms with E-state index in [0.29, 0.717) is 0 Å². The molecule has 90 valence electrons. The van der Waals surface area contributed by atoms with Gasteiger partial charge in [0.25, 0.3) is 0 Å². The van der Waals surface area contributed by atoms with Gasteiger partial charge in [-0.15, -0.1) is 0 Å². The van der Waals surface area contributed by atoms with E-state index in [0.717, 1.165) is 17.1 Å². The fourth-order valence-corrected chi connectivity index (χ4v) is 2.62. The molecule has 0 radical (unpaired) electrons. The lowest BCUT2D eigenvalue weighted by atomic mass is 9.83. The molecular weight excluding hydrogens is 202 g/mol. The molecule has 0 saturated heterocycles. The molecule has 1 atom stereocenters. The highest BCUT2D eigenvalue weighted by molar-refractivity contribution is 7.99. The molecule has 0 aromatic carbocycles. The monoisotopic (exact) mass is 229 g/mol. The largest absolute Gasteiger partial charge is 0.316 e. The highest BCUT2D eigenvalue weighted by atomic mass is 32.2. The second-order valence-electron chi connectivity index (χ2n) is 5.17. The molecule has 2 heteroatoms. The molecule has 1 fully saturated rings. The lowest BCUT2D eigenvalue weighted by molar-refractivity contribution is 0.282. The minimum absolute atomic E-state index is 0.809. The maximum absolute atomic E-state index is 3.62. The second-order valence-corrected chi connectivity index (χ2v) is 6.44. The first-order valence-electron chi connectivity index (χ1n) is 6.46. The Labute approximate surface area is 99.8 Å². The molecule has 1 unspecified atom stereocenters. The van der Waals surface area contributed by atoms with Crippen molar-refractivity contribution in [3.63, 3.8) is 0 Å². The molecular formula is C13H27NS. The van der Waals surface area contributed by atoms with Crippen molar-refractivity contribution in [2.45, 2.75) is 51.2 Å². The van der Waals surface area contributed by atoms with E-state index in [4.69, 9.17) is 0 Å². The van der Waals surface area contributed by atoms with Gasteiger partial charge in [-0.25, -0.2) is 0 Å². The minimum Gasteiger partial charge on any atom is -0.316 e. The highest BCUT2D eigenvalue weighted by Gasteiger charge is 2.17. The SMILES string of the molecule is CSC(C)CCNCC1CCC(C)CC1. The molecule has 0 amide bonds. The summed E-state index contributed by atoms with van der Waals surface area (Å²) < 4.78 is 0.